The quantitative estimate of drug-likeness (QED) is 0.849. The molecule has 0 bridgehead atoms. The monoisotopic (exact) mass is 329 g/mol. The first-order chi connectivity index (χ1) is 11.6. The average molecular weight is 329 g/mol. The van der Waals surface area contributed by atoms with E-state index in [-0.39, 0.29) is 24.3 Å². The molecule has 2 N–H and O–H groups in total. The number of H-pyrrole nitrogens is 1. The van der Waals surface area contributed by atoms with Crippen LogP contribution in [0.5, 0.6) is 0 Å². The molecule has 3 rings (SSSR count). The van der Waals surface area contributed by atoms with Gasteiger partial charge in [0, 0.05) is 6.54 Å². The van der Waals surface area contributed by atoms with Crippen molar-refractivity contribution >= 4 is 5.97 Å². The first-order valence-corrected chi connectivity index (χ1v) is 7.92. The third kappa shape index (κ3) is 3.30. The lowest BCUT2D eigenvalue weighted by Crippen LogP contribution is -2.41. The number of aromatic nitrogens is 2. The molecule has 0 saturated carbocycles. The van der Waals surface area contributed by atoms with Gasteiger partial charge < -0.3 is 10.1 Å². The summed E-state index contributed by atoms with van der Waals surface area (Å²) in [5.74, 6) is -1.29. The zero-order valence-corrected chi connectivity index (χ0v) is 13.2. The fraction of sp³-hybridized carbons (Fsp3) is 0.353. The Morgan fingerprint density at radius 3 is 2.38 bits per heavy atom. The number of hydrogen-bond acceptors (Lipinski definition) is 4. The van der Waals surface area contributed by atoms with Crippen molar-refractivity contribution in [2.45, 2.75) is 25.9 Å². The van der Waals surface area contributed by atoms with Crippen LogP contribution in [-0.4, -0.2) is 38.6 Å². The minimum Gasteiger partial charge on any atom is -0.477 e. The van der Waals surface area contributed by atoms with Crippen LogP contribution in [0.2, 0.25) is 0 Å². The van der Waals surface area contributed by atoms with Crippen molar-refractivity contribution in [1.82, 2.24) is 14.5 Å². The molecule has 0 unspecified atom stereocenters. The smallest absolute Gasteiger partial charge is 0.352 e. The summed E-state index contributed by atoms with van der Waals surface area (Å²) in [6, 6.07) is 9.13. The topological polar surface area (TPSA) is 95.4 Å². The van der Waals surface area contributed by atoms with E-state index < -0.39 is 17.2 Å². The van der Waals surface area contributed by atoms with E-state index in [1.807, 2.05) is 35.2 Å². The van der Waals surface area contributed by atoms with Crippen molar-refractivity contribution in [2.75, 3.05) is 13.1 Å². The maximum absolute atomic E-state index is 12.8. The number of aromatic carboxylic acids is 1. The van der Waals surface area contributed by atoms with Gasteiger partial charge in [0.2, 0.25) is 0 Å². The van der Waals surface area contributed by atoms with Crippen LogP contribution in [0.25, 0.3) is 0 Å². The Labute approximate surface area is 138 Å². The molecule has 1 aliphatic heterocycles. The van der Waals surface area contributed by atoms with E-state index in [4.69, 9.17) is 0 Å². The molecule has 7 nitrogen and oxygen atoms in total. The molecular weight excluding hydrogens is 310 g/mol. The summed E-state index contributed by atoms with van der Waals surface area (Å²) in [5.41, 5.74) is -0.597. The number of benzene rings is 1. The SMILES string of the molecule is O=C(O)c1[nH]c(=O)n(Cc2ccccc2)c(=O)c1CN1CCCC1. The van der Waals surface area contributed by atoms with E-state index in [9.17, 15) is 19.5 Å². The number of hydrogen-bond donors (Lipinski definition) is 2. The molecule has 0 amide bonds. The predicted octanol–water partition coefficient (Wildman–Crippen LogP) is 0.879. The Hall–Kier alpha value is -2.67. The molecular formula is C17H19N3O4. The van der Waals surface area contributed by atoms with Crippen molar-refractivity contribution in [3.8, 4) is 0 Å². The van der Waals surface area contributed by atoms with Crippen molar-refractivity contribution in [1.29, 1.82) is 0 Å². The normalized spacial score (nSPS) is 14.8. The third-order valence-electron chi connectivity index (χ3n) is 4.26. The van der Waals surface area contributed by atoms with Crippen molar-refractivity contribution in [3.05, 3.63) is 68.0 Å². The Morgan fingerprint density at radius 1 is 1.08 bits per heavy atom. The molecule has 7 heteroatoms. The zero-order valence-electron chi connectivity index (χ0n) is 13.2. The van der Waals surface area contributed by atoms with Crippen LogP contribution in [0.1, 0.15) is 34.5 Å². The zero-order chi connectivity index (χ0) is 17.1. The maximum atomic E-state index is 12.8. The molecule has 0 spiro atoms. The Kier molecular flexibility index (Phi) is 4.61. The van der Waals surface area contributed by atoms with Crippen molar-refractivity contribution < 1.29 is 9.90 Å². The summed E-state index contributed by atoms with van der Waals surface area (Å²) in [7, 11) is 0. The number of rotatable bonds is 5. The molecule has 0 radical (unpaired) electrons. The van der Waals surface area contributed by atoms with Crippen LogP contribution in [0.15, 0.2) is 39.9 Å². The number of carboxylic acid groups (broad SMARTS) is 1. The van der Waals surface area contributed by atoms with Gasteiger partial charge in [0.15, 0.2) is 0 Å². The highest BCUT2D eigenvalue weighted by molar-refractivity contribution is 5.86. The van der Waals surface area contributed by atoms with E-state index in [2.05, 4.69) is 4.98 Å². The Balaban J connectivity index is 2.04. The van der Waals surface area contributed by atoms with Crippen LogP contribution >= 0.6 is 0 Å². The van der Waals surface area contributed by atoms with Crippen LogP contribution in [0.3, 0.4) is 0 Å². The number of aromatic amines is 1. The molecule has 2 aromatic rings. The highest BCUT2D eigenvalue weighted by atomic mass is 16.4. The molecule has 24 heavy (non-hydrogen) atoms. The summed E-state index contributed by atoms with van der Waals surface area (Å²) in [5, 5.41) is 9.33. The van der Waals surface area contributed by atoms with Gasteiger partial charge in [-0.1, -0.05) is 30.3 Å². The van der Waals surface area contributed by atoms with E-state index >= 15 is 0 Å². The second kappa shape index (κ2) is 6.84. The molecule has 2 heterocycles. The van der Waals surface area contributed by atoms with E-state index in [0.717, 1.165) is 36.1 Å². The number of carbonyl (C=O) groups is 1. The fourth-order valence-corrected chi connectivity index (χ4v) is 3.02. The molecule has 1 aromatic carbocycles. The first kappa shape index (κ1) is 16.2. The van der Waals surface area contributed by atoms with Gasteiger partial charge in [-0.2, -0.15) is 0 Å². The molecule has 0 atom stereocenters. The Bertz CT molecular complexity index is 848. The van der Waals surface area contributed by atoms with E-state index in [1.165, 1.54) is 0 Å². The summed E-state index contributed by atoms with van der Waals surface area (Å²) < 4.78 is 1.06. The number of nitrogens with one attached hydrogen (secondary N) is 1. The number of likely N-dealkylation sites (tertiary alicyclic amines) is 1. The van der Waals surface area contributed by atoms with Gasteiger partial charge in [-0.25, -0.2) is 9.59 Å². The lowest BCUT2D eigenvalue weighted by molar-refractivity contribution is 0.0686. The van der Waals surface area contributed by atoms with Gasteiger partial charge in [0.05, 0.1) is 12.1 Å². The van der Waals surface area contributed by atoms with Crippen LogP contribution in [0, 0.1) is 0 Å². The van der Waals surface area contributed by atoms with Gasteiger partial charge in [-0.05, 0) is 31.5 Å². The minimum absolute atomic E-state index is 0.113. The summed E-state index contributed by atoms with van der Waals surface area (Å²) >= 11 is 0. The highest BCUT2D eigenvalue weighted by Crippen LogP contribution is 2.12. The van der Waals surface area contributed by atoms with Gasteiger partial charge in [-0.3, -0.25) is 14.3 Å². The molecule has 1 aromatic heterocycles. The fourth-order valence-electron chi connectivity index (χ4n) is 3.02. The van der Waals surface area contributed by atoms with Gasteiger partial charge >= 0.3 is 11.7 Å². The van der Waals surface area contributed by atoms with Crippen LogP contribution in [-0.2, 0) is 13.1 Å². The summed E-state index contributed by atoms with van der Waals surface area (Å²) in [4.78, 5) is 40.8. The predicted molar refractivity (Wildman–Crippen MR) is 88.3 cm³/mol. The molecule has 1 fully saturated rings. The third-order valence-corrected chi connectivity index (χ3v) is 4.26. The first-order valence-electron chi connectivity index (χ1n) is 7.92. The average Bonchev–Trinajstić information content (AvgIpc) is 3.08. The second-order valence-electron chi connectivity index (χ2n) is 5.95. The molecule has 0 aliphatic carbocycles. The van der Waals surface area contributed by atoms with Gasteiger partial charge in [-0.15, -0.1) is 0 Å². The molecule has 1 saturated heterocycles. The van der Waals surface area contributed by atoms with E-state index in [0.29, 0.717) is 0 Å². The Morgan fingerprint density at radius 2 is 1.75 bits per heavy atom. The standard InChI is InChI=1S/C17H19N3O4/c21-15-13(11-19-8-4-5-9-19)14(16(22)23)18-17(24)20(15)10-12-6-2-1-3-7-12/h1-3,6-7H,4-5,8-11H2,(H,18,24)(H,22,23). The van der Waals surface area contributed by atoms with Gasteiger partial charge in [0.25, 0.3) is 5.56 Å². The highest BCUT2D eigenvalue weighted by Gasteiger charge is 2.22. The summed E-state index contributed by atoms with van der Waals surface area (Å²) in [6.45, 7) is 2.01. The molecule has 1 aliphatic rings. The number of nitrogens with zero attached hydrogens (tertiary/aromatic N) is 2. The van der Waals surface area contributed by atoms with Gasteiger partial charge in [0.1, 0.15) is 5.69 Å². The largest absolute Gasteiger partial charge is 0.477 e. The molecule has 126 valence electrons. The minimum atomic E-state index is -1.29. The lowest BCUT2D eigenvalue weighted by atomic mass is 10.2. The lowest BCUT2D eigenvalue weighted by Gasteiger charge is -2.16. The summed E-state index contributed by atoms with van der Waals surface area (Å²) in [6.07, 6.45) is 2.06. The van der Waals surface area contributed by atoms with Crippen molar-refractivity contribution in [2.24, 2.45) is 0 Å². The van der Waals surface area contributed by atoms with Crippen molar-refractivity contribution in [3.63, 3.8) is 0 Å². The van der Waals surface area contributed by atoms with Crippen LogP contribution < -0.4 is 11.2 Å². The second-order valence-corrected chi connectivity index (χ2v) is 5.95. The maximum Gasteiger partial charge on any atom is 0.352 e. The van der Waals surface area contributed by atoms with Crippen LogP contribution in [0.4, 0.5) is 0 Å². The number of carboxylic acids is 1. The van der Waals surface area contributed by atoms with E-state index in [1.54, 1.807) is 0 Å².